The fourth-order valence-electron chi connectivity index (χ4n) is 2.73. The van der Waals surface area contributed by atoms with Crippen molar-refractivity contribution in [2.24, 2.45) is 0 Å². The topological polar surface area (TPSA) is 57.6 Å². The Morgan fingerprint density at radius 3 is 2.90 bits per heavy atom. The van der Waals surface area contributed by atoms with Crippen LogP contribution in [0.2, 0.25) is 0 Å². The van der Waals surface area contributed by atoms with Gasteiger partial charge >= 0.3 is 0 Å². The van der Waals surface area contributed by atoms with E-state index in [1.807, 2.05) is 19.1 Å². The predicted molar refractivity (Wildman–Crippen MR) is 84.3 cm³/mol. The zero-order valence-corrected chi connectivity index (χ0v) is 13.4. The van der Waals surface area contributed by atoms with Crippen LogP contribution in [0.4, 0.5) is 5.69 Å². The van der Waals surface area contributed by atoms with Crippen molar-refractivity contribution in [3.8, 4) is 0 Å². The van der Waals surface area contributed by atoms with E-state index in [1.54, 1.807) is 11.4 Å². The maximum absolute atomic E-state index is 12.9. The number of nitrogens with zero attached hydrogens (tertiary/aromatic N) is 1. The lowest BCUT2D eigenvalue weighted by molar-refractivity contribution is 0.282. The van der Waals surface area contributed by atoms with E-state index in [9.17, 15) is 13.5 Å². The summed E-state index contributed by atoms with van der Waals surface area (Å²) in [5.74, 6) is 0. The van der Waals surface area contributed by atoms with Crippen LogP contribution in [0.1, 0.15) is 22.4 Å². The molecule has 0 fully saturated rings. The molecule has 4 nitrogen and oxygen atoms in total. The van der Waals surface area contributed by atoms with Gasteiger partial charge in [0.2, 0.25) is 0 Å². The average molecular weight is 323 g/mol. The van der Waals surface area contributed by atoms with Crippen LogP contribution in [0.25, 0.3) is 0 Å². The molecule has 0 spiro atoms. The third-order valence-corrected chi connectivity index (χ3v) is 6.66. The van der Waals surface area contributed by atoms with Gasteiger partial charge in [0, 0.05) is 6.54 Å². The molecule has 0 amide bonds. The van der Waals surface area contributed by atoms with Gasteiger partial charge in [-0.3, -0.25) is 4.31 Å². The molecule has 0 saturated carbocycles. The van der Waals surface area contributed by atoms with Crippen molar-refractivity contribution in [3.63, 3.8) is 0 Å². The monoisotopic (exact) mass is 323 g/mol. The number of aliphatic hydroxyl groups excluding tert-OH is 1. The first-order chi connectivity index (χ1) is 10.0. The van der Waals surface area contributed by atoms with Crippen LogP contribution in [0.15, 0.2) is 34.5 Å². The minimum Gasteiger partial charge on any atom is -0.391 e. The predicted octanol–water partition coefficient (Wildman–Crippen LogP) is 2.69. The van der Waals surface area contributed by atoms with Crippen molar-refractivity contribution in [2.75, 3.05) is 10.8 Å². The summed E-state index contributed by atoms with van der Waals surface area (Å²) in [4.78, 5) is 0.720. The van der Waals surface area contributed by atoms with E-state index in [-0.39, 0.29) is 11.5 Å². The molecular formula is C15H17NO3S2. The highest BCUT2D eigenvalue weighted by atomic mass is 32.2. The molecule has 3 rings (SSSR count). The fraction of sp³-hybridized carbons (Fsp3) is 0.333. The van der Waals surface area contributed by atoms with Crippen molar-refractivity contribution in [1.29, 1.82) is 0 Å². The van der Waals surface area contributed by atoms with Gasteiger partial charge in [0.15, 0.2) is 0 Å². The van der Waals surface area contributed by atoms with Crippen LogP contribution >= 0.6 is 11.3 Å². The lowest BCUT2D eigenvalue weighted by atomic mass is 10.0. The van der Waals surface area contributed by atoms with Gasteiger partial charge in [-0.25, -0.2) is 8.42 Å². The molecule has 0 aliphatic carbocycles. The zero-order valence-electron chi connectivity index (χ0n) is 11.7. The average Bonchev–Trinajstić information content (AvgIpc) is 2.95. The van der Waals surface area contributed by atoms with Gasteiger partial charge in [0.05, 0.1) is 17.2 Å². The van der Waals surface area contributed by atoms with Crippen molar-refractivity contribution in [2.45, 2.75) is 31.3 Å². The van der Waals surface area contributed by atoms with E-state index in [0.717, 1.165) is 29.7 Å². The van der Waals surface area contributed by atoms with E-state index < -0.39 is 10.0 Å². The van der Waals surface area contributed by atoms with Crippen LogP contribution < -0.4 is 4.31 Å². The number of thiophene rings is 1. The molecule has 0 radical (unpaired) electrons. The standard InChI is InChI=1S/C15H17NO3S2/c1-11-4-5-13-12(9-11)3-2-7-16(13)21(18,19)15-6-8-20-14(15)10-17/h4-6,8-9,17H,2-3,7,10H2,1H3. The lowest BCUT2D eigenvalue weighted by Gasteiger charge is -2.30. The number of hydrogen-bond donors (Lipinski definition) is 1. The molecule has 1 aromatic carbocycles. The Balaban J connectivity index is 2.10. The van der Waals surface area contributed by atoms with Crippen LogP contribution in [0.3, 0.4) is 0 Å². The molecule has 0 saturated heterocycles. The highest BCUT2D eigenvalue weighted by Crippen LogP contribution is 2.34. The molecule has 0 bridgehead atoms. The molecule has 2 heterocycles. The minimum atomic E-state index is -3.60. The molecule has 0 atom stereocenters. The molecule has 2 aromatic rings. The molecule has 1 aliphatic heterocycles. The van der Waals surface area contributed by atoms with Gasteiger partial charge in [-0.15, -0.1) is 11.3 Å². The van der Waals surface area contributed by atoms with Crippen molar-refractivity contribution in [1.82, 2.24) is 0 Å². The van der Waals surface area contributed by atoms with Gasteiger partial charge in [-0.05, 0) is 42.8 Å². The summed E-state index contributed by atoms with van der Waals surface area (Å²) in [5, 5.41) is 11.0. The second-order valence-electron chi connectivity index (χ2n) is 5.18. The number of benzene rings is 1. The molecule has 0 unspecified atom stereocenters. The van der Waals surface area contributed by atoms with E-state index in [0.29, 0.717) is 11.4 Å². The van der Waals surface area contributed by atoms with Gasteiger partial charge in [0.1, 0.15) is 4.90 Å². The lowest BCUT2D eigenvalue weighted by Crippen LogP contribution is -2.35. The number of anilines is 1. The molecule has 6 heteroatoms. The summed E-state index contributed by atoms with van der Waals surface area (Å²) in [5.41, 5.74) is 2.98. The largest absolute Gasteiger partial charge is 0.391 e. The maximum atomic E-state index is 12.9. The molecule has 1 aromatic heterocycles. The number of fused-ring (bicyclic) bond motifs is 1. The summed E-state index contributed by atoms with van der Waals surface area (Å²) in [6.45, 7) is 2.25. The summed E-state index contributed by atoms with van der Waals surface area (Å²) < 4.78 is 27.3. The van der Waals surface area contributed by atoms with Crippen molar-refractivity contribution < 1.29 is 13.5 Å². The number of hydrogen-bond acceptors (Lipinski definition) is 4. The second kappa shape index (κ2) is 5.44. The Morgan fingerprint density at radius 1 is 1.33 bits per heavy atom. The Labute approximate surface area is 128 Å². The van der Waals surface area contributed by atoms with Gasteiger partial charge < -0.3 is 5.11 Å². The van der Waals surface area contributed by atoms with Gasteiger partial charge in [-0.2, -0.15) is 0 Å². The van der Waals surface area contributed by atoms with Gasteiger partial charge in [0.25, 0.3) is 10.0 Å². The Hall–Kier alpha value is -1.37. The SMILES string of the molecule is Cc1ccc2c(c1)CCCN2S(=O)(=O)c1ccsc1CO. The van der Waals surface area contributed by atoms with Crippen molar-refractivity contribution in [3.05, 3.63) is 45.6 Å². The van der Waals surface area contributed by atoms with Crippen LogP contribution in [-0.2, 0) is 23.1 Å². The summed E-state index contributed by atoms with van der Waals surface area (Å²) in [6, 6.07) is 7.45. The zero-order chi connectivity index (χ0) is 15.0. The summed E-state index contributed by atoms with van der Waals surface area (Å²) in [7, 11) is -3.60. The summed E-state index contributed by atoms with van der Waals surface area (Å²) >= 11 is 1.27. The van der Waals surface area contributed by atoms with E-state index in [2.05, 4.69) is 6.07 Å². The Bertz CT molecular complexity index is 765. The number of rotatable bonds is 3. The minimum absolute atomic E-state index is 0.225. The first-order valence-corrected chi connectivity index (χ1v) is 9.15. The first kappa shape index (κ1) is 14.6. The third kappa shape index (κ3) is 2.47. The molecule has 21 heavy (non-hydrogen) atoms. The summed E-state index contributed by atoms with van der Waals surface area (Å²) in [6.07, 6.45) is 1.72. The number of sulfonamides is 1. The molecule has 1 N–H and O–H groups in total. The highest BCUT2D eigenvalue weighted by molar-refractivity contribution is 7.93. The fourth-order valence-corrected chi connectivity index (χ4v) is 5.54. The van der Waals surface area contributed by atoms with Crippen LogP contribution in [0, 0.1) is 6.92 Å². The highest BCUT2D eigenvalue weighted by Gasteiger charge is 2.31. The maximum Gasteiger partial charge on any atom is 0.265 e. The quantitative estimate of drug-likeness (QED) is 0.945. The smallest absolute Gasteiger partial charge is 0.265 e. The molecule has 1 aliphatic rings. The Kier molecular flexibility index (Phi) is 3.77. The van der Waals surface area contributed by atoms with E-state index >= 15 is 0 Å². The second-order valence-corrected chi connectivity index (χ2v) is 8.01. The number of aryl methyl sites for hydroxylation is 2. The van der Waals surface area contributed by atoms with Crippen molar-refractivity contribution >= 4 is 27.0 Å². The molecule has 112 valence electrons. The number of aliphatic hydroxyl groups is 1. The molecular weight excluding hydrogens is 306 g/mol. The van der Waals surface area contributed by atoms with Crippen LogP contribution in [-0.4, -0.2) is 20.1 Å². The van der Waals surface area contributed by atoms with Crippen LogP contribution in [0.5, 0.6) is 0 Å². The van der Waals surface area contributed by atoms with Gasteiger partial charge in [-0.1, -0.05) is 17.7 Å². The Morgan fingerprint density at radius 2 is 2.14 bits per heavy atom. The normalized spacial score (nSPS) is 15.0. The van der Waals surface area contributed by atoms with E-state index in [4.69, 9.17) is 0 Å². The third-order valence-electron chi connectivity index (χ3n) is 3.73. The first-order valence-electron chi connectivity index (χ1n) is 6.83. The van der Waals surface area contributed by atoms with E-state index in [1.165, 1.54) is 15.6 Å².